The molecule has 2 atom stereocenters. The van der Waals surface area contributed by atoms with E-state index in [9.17, 15) is 4.79 Å². The third-order valence-electron chi connectivity index (χ3n) is 5.42. The number of carbonyl (C=O) groups is 1. The fourth-order valence-electron chi connectivity index (χ4n) is 4.08. The van der Waals surface area contributed by atoms with Crippen LogP contribution in [0.5, 0.6) is 0 Å². The number of hydrogen-bond donors (Lipinski definition) is 0. The van der Waals surface area contributed by atoms with Gasteiger partial charge in [-0.3, -0.25) is 9.48 Å². The van der Waals surface area contributed by atoms with Crippen LogP contribution in [0, 0.1) is 6.92 Å². The SMILES string of the molecule is COCCn1nc2c(c1C(=O)N1CCc3c(C)noc3C1)C[C@H](C)O[C@@H]2C. The summed E-state index contributed by atoms with van der Waals surface area (Å²) in [5.41, 5.74) is 4.57. The highest BCUT2D eigenvalue weighted by atomic mass is 16.5. The van der Waals surface area contributed by atoms with Gasteiger partial charge in [-0.1, -0.05) is 5.16 Å². The summed E-state index contributed by atoms with van der Waals surface area (Å²) in [5, 5.41) is 8.74. The Balaban J connectivity index is 1.68. The Labute approximate surface area is 158 Å². The Morgan fingerprint density at radius 2 is 2.15 bits per heavy atom. The fourth-order valence-corrected chi connectivity index (χ4v) is 4.08. The highest BCUT2D eigenvalue weighted by Crippen LogP contribution is 2.33. The van der Waals surface area contributed by atoms with Crippen molar-refractivity contribution in [3.63, 3.8) is 0 Å². The minimum absolute atomic E-state index is 0.0131. The van der Waals surface area contributed by atoms with Gasteiger partial charge in [0.05, 0.1) is 43.3 Å². The molecule has 146 valence electrons. The zero-order valence-corrected chi connectivity index (χ0v) is 16.3. The van der Waals surface area contributed by atoms with Gasteiger partial charge in [0.25, 0.3) is 5.91 Å². The van der Waals surface area contributed by atoms with E-state index in [0.717, 1.165) is 34.7 Å². The van der Waals surface area contributed by atoms with Gasteiger partial charge >= 0.3 is 0 Å². The molecule has 0 saturated heterocycles. The fraction of sp³-hybridized carbons (Fsp3) is 0.632. The Morgan fingerprint density at radius 3 is 2.93 bits per heavy atom. The molecule has 0 saturated carbocycles. The number of carbonyl (C=O) groups excluding carboxylic acids is 1. The maximum absolute atomic E-state index is 13.5. The van der Waals surface area contributed by atoms with Crippen LogP contribution in [0.4, 0.5) is 0 Å². The van der Waals surface area contributed by atoms with Gasteiger partial charge in [0, 0.05) is 31.2 Å². The van der Waals surface area contributed by atoms with E-state index in [0.29, 0.717) is 38.4 Å². The number of methoxy groups -OCH3 is 1. The number of aryl methyl sites for hydroxylation is 1. The van der Waals surface area contributed by atoms with Crippen LogP contribution in [-0.2, 0) is 35.4 Å². The van der Waals surface area contributed by atoms with E-state index >= 15 is 0 Å². The molecule has 2 aromatic heterocycles. The van der Waals surface area contributed by atoms with Gasteiger partial charge in [-0.25, -0.2) is 0 Å². The second-order valence-electron chi connectivity index (χ2n) is 7.37. The van der Waals surface area contributed by atoms with Gasteiger partial charge in [-0.2, -0.15) is 5.10 Å². The molecule has 1 amide bonds. The molecule has 0 aliphatic carbocycles. The molecular weight excluding hydrogens is 348 g/mol. The Hall–Kier alpha value is -2.19. The van der Waals surface area contributed by atoms with E-state index in [-0.39, 0.29) is 18.1 Å². The minimum Gasteiger partial charge on any atom is -0.383 e. The topological polar surface area (TPSA) is 82.6 Å². The van der Waals surface area contributed by atoms with Crippen LogP contribution in [0.1, 0.15) is 58.7 Å². The molecule has 2 aliphatic rings. The summed E-state index contributed by atoms with van der Waals surface area (Å²) in [7, 11) is 1.65. The Morgan fingerprint density at radius 1 is 1.33 bits per heavy atom. The maximum Gasteiger partial charge on any atom is 0.272 e. The lowest BCUT2D eigenvalue weighted by atomic mass is 9.98. The summed E-state index contributed by atoms with van der Waals surface area (Å²) in [5.74, 6) is 0.773. The first-order valence-corrected chi connectivity index (χ1v) is 9.46. The van der Waals surface area contributed by atoms with Crippen molar-refractivity contribution in [1.29, 1.82) is 0 Å². The van der Waals surface area contributed by atoms with Crippen LogP contribution in [0.3, 0.4) is 0 Å². The minimum atomic E-state index is -0.121. The van der Waals surface area contributed by atoms with E-state index in [1.165, 1.54) is 0 Å². The smallest absolute Gasteiger partial charge is 0.272 e. The van der Waals surface area contributed by atoms with Crippen molar-refractivity contribution >= 4 is 5.91 Å². The normalized spacial score (nSPS) is 21.9. The highest BCUT2D eigenvalue weighted by molar-refractivity contribution is 5.94. The molecule has 0 N–H and O–H groups in total. The summed E-state index contributed by atoms with van der Waals surface area (Å²) >= 11 is 0. The molecule has 8 nitrogen and oxygen atoms in total. The van der Waals surface area contributed by atoms with Gasteiger partial charge in [0.1, 0.15) is 5.69 Å². The molecule has 8 heteroatoms. The second-order valence-corrected chi connectivity index (χ2v) is 7.37. The molecule has 0 bridgehead atoms. The first-order chi connectivity index (χ1) is 13.0. The third-order valence-corrected chi connectivity index (χ3v) is 5.42. The van der Waals surface area contributed by atoms with Crippen molar-refractivity contribution in [3.05, 3.63) is 34.0 Å². The number of rotatable bonds is 4. The predicted octanol–water partition coefficient (Wildman–Crippen LogP) is 2.05. The van der Waals surface area contributed by atoms with E-state index < -0.39 is 0 Å². The monoisotopic (exact) mass is 374 g/mol. The third kappa shape index (κ3) is 3.17. The zero-order valence-electron chi connectivity index (χ0n) is 16.3. The van der Waals surface area contributed by atoms with Crippen LogP contribution in [0.25, 0.3) is 0 Å². The average molecular weight is 374 g/mol. The number of hydrogen-bond acceptors (Lipinski definition) is 6. The molecule has 2 aromatic rings. The lowest BCUT2D eigenvalue weighted by molar-refractivity contribution is -0.00721. The van der Waals surface area contributed by atoms with E-state index in [1.54, 1.807) is 11.8 Å². The average Bonchev–Trinajstić information content (AvgIpc) is 3.20. The van der Waals surface area contributed by atoms with Crippen molar-refractivity contribution in [2.24, 2.45) is 0 Å². The van der Waals surface area contributed by atoms with Crippen molar-refractivity contribution in [2.45, 2.75) is 58.9 Å². The van der Waals surface area contributed by atoms with Crippen molar-refractivity contribution < 1.29 is 18.8 Å². The van der Waals surface area contributed by atoms with Gasteiger partial charge in [-0.05, 0) is 27.2 Å². The molecule has 4 rings (SSSR count). The number of ether oxygens (including phenoxy) is 2. The van der Waals surface area contributed by atoms with Gasteiger partial charge in [0.2, 0.25) is 0 Å². The first kappa shape index (κ1) is 18.2. The standard InChI is InChI=1S/C19H26N4O4/c1-11-9-15-17(13(3)26-11)20-23(7-8-25-4)18(15)19(24)22-6-5-14-12(2)21-27-16(14)10-22/h11,13H,5-10H2,1-4H3/t11-,13+/m0/s1. The summed E-state index contributed by atoms with van der Waals surface area (Å²) in [4.78, 5) is 15.3. The molecule has 4 heterocycles. The molecule has 0 radical (unpaired) electrons. The summed E-state index contributed by atoms with van der Waals surface area (Å²) < 4.78 is 18.3. The van der Waals surface area contributed by atoms with Crippen molar-refractivity contribution in [3.8, 4) is 0 Å². The predicted molar refractivity (Wildman–Crippen MR) is 96.5 cm³/mol. The molecule has 0 spiro atoms. The Bertz CT molecular complexity index is 856. The summed E-state index contributed by atoms with van der Waals surface area (Å²) in [6, 6.07) is 0. The van der Waals surface area contributed by atoms with Crippen LogP contribution >= 0.6 is 0 Å². The van der Waals surface area contributed by atoms with Crippen molar-refractivity contribution in [2.75, 3.05) is 20.3 Å². The lowest BCUT2D eigenvalue weighted by Gasteiger charge is -2.28. The molecule has 0 fully saturated rings. The number of nitrogens with zero attached hydrogens (tertiary/aromatic N) is 4. The van der Waals surface area contributed by atoms with Crippen LogP contribution in [0.2, 0.25) is 0 Å². The first-order valence-electron chi connectivity index (χ1n) is 9.46. The molecular formula is C19H26N4O4. The summed E-state index contributed by atoms with van der Waals surface area (Å²) in [6.07, 6.45) is 1.39. The van der Waals surface area contributed by atoms with Gasteiger partial charge in [0.15, 0.2) is 5.76 Å². The van der Waals surface area contributed by atoms with E-state index in [1.807, 2.05) is 25.7 Å². The zero-order chi connectivity index (χ0) is 19.1. The van der Waals surface area contributed by atoms with Crippen molar-refractivity contribution in [1.82, 2.24) is 19.8 Å². The largest absolute Gasteiger partial charge is 0.383 e. The number of fused-ring (bicyclic) bond motifs is 2. The molecule has 0 aromatic carbocycles. The second kappa shape index (κ2) is 7.09. The van der Waals surface area contributed by atoms with E-state index in [2.05, 4.69) is 5.16 Å². The molecule has 27 heavy (non-hydrogen) atoms. The number of amides is 1. The van der Waals surface area contributed by atoms with Crippen LogP contribution in [0.15, 0.2) is 4.52 Å². The maximum atomic E-state index is 13.5. The lowest BCUT2D eigenvalue weighted by Crippen LogP contribution is -2.38. The molecule has 2 aliphatic heterocycles. The van der Waals surface area contributed by atoms with Crippen LogP contribution in [-0.4, -0.2) is 52.1 Å². The van der Waals surface area contributed by atoms with E-state index in [4.69, 9.17) is 19.1 Å². The Kier molecular flexibility index (Phi) is 4.77. The molecule has 0 unspecified atom stereocenters. The summed E-state index contributed by atoms with van der Waals surface area (Å²) in [6.45, 7) is 8.09. The number of aromatic nitrogens is 3. The van der Waals surface area contributed by atoms with Gasteiger partial charge < -0.3 is 18.9 Å². The van der Waals surface area contributed by atoms with Gasteiger partial charge in [-0.15, -0.1) is 0 Å². The van der Waals surface area contributed by atoms with Crippen LogP contribution < -0.4 is 0 Å². The quantitative estimate of drug-likeness (QED) is 0.815. The highest BCUT2D eigenvalue weighted by Gasteiger charge is 2.35.